The molecule has 0 aliphatic rings. The summed E-state index contributed by atoms with van der Waals surface area (Å²) in [6.07, 6.45) is 0. The molecule has 0 aliphatic carbocycles. The maximum absolute atomic E-state index is 13.2. The summed E-state index contributed by atoms with van der Waals surface area (Å²) in [5, 5.41) is 0.707. The Hall–Kier alpha value is -2.75. The van der Waals surface area contributed by atoms with Crippen LogP contribution in [0.4, 0.5) is 8.78 Å². The first-order chi connectivity index (χ1) is 14.9. The molecule has 0 saturated carbocycles. The van der Waals surface area contributed by atoms with Crippen LogP contribution in [-0.4, -0.2) is 27.7 Å². The second-order valence-corrected chi connectivity index (χ2v) is 8.90. The fourth-order valence-corrected chi connectivity index (χ4v) is 4.85. The molecule has 4 rings (SSSR count). The van der Waals surface area contributed by atoms with Crippen molar-refractivity contribution < 1.29 is 18.3 Å². The molecule has 0 N–H and O–H groups in total. The Morgan fingerprint density at radius 1 is 1.13 bits per heavy atom. The monoisotopic (exact) mass is 478 g/mol. The number of ketones is 1. The van der Waals surface area contributed by atoms with Crippen molar-refractivity contribution in [3.8, 4) is 11.4 Å². The number of hydrogen-bond acceptors (Lipinski definition) is 6. The predicted octanol–water partition coefficient (Wildman–Crippen LogP) is 5.68. The van der Waals surface area contributed by atoms with Crippen LogP contribution in [0.5, 0.6) is 5.75 Å². The van der Waals surface area contributed by atoms with Gasteiger partial charge in [-0.3, -0.25) is 14.2 Å². The highest BCUT2D eigenvalue weighted by molar-refractivity contribution is 7.99. The number of benzene rings is 2. The molecular weight excluding hydrogens is 466 g/mol. The molecule has 0 saturated heterocycles. The molecule has 0 aliphatic heterocycles. The summed E-state index contributed by atoms with van der Waals surface area (Å²) in [7, 11) is 0. The van der Waals surface area contributed by atoms with Gasteiger partial charge in [0, 0.05) is 0 Å². The minimum absolute atomic E-state index is 0.0282. The van der Waals surface area contributed by atoms with Crippen LogP contribution in [0, 0.1) is 0 Å². The molecule has 2 aromatic heterocycles. The number of carbonyl (C=O) groups is 1. The van der Waals surface area contributed by atoms with Crippen molar-refractivity contribution in [1.29, 1.82) is 0 Å². The van der Waals surface area contributed by atoms with Crippen LogP contribution >= 0.6 is 34.7 Å². The van der Waals surface area contributed by atoms with E-state index in [4.69, 9.17) is 11.6 Å². The first-order valence-corrected chi connectivity index (χ1v) is 11.1. The lowest BCUT2D eigenvalue weighted by Crippen LogP contribution is -2.22. The summed E-state index contributed by atoms with van der Waals surface area (Å²) in [5.41, 5.74) is 0.580. The molecule has 0 fully saturated rings. The molecule has 158 valence electrons. The molecule has 0 atom stereocenters. The maximum atomic E-state index is 13.2. The first-order valence-electron chi connectivity index (χ1n) is 8.91. The lowest BCUT2D eigenvalue weighted by atomic mass is 10.2. The van der Waals surface area contributed by atoms with Gasteiger partial charge in [-0.25, -0.2) is 4.98 Å². The van der Waals surface area contributed by atoms with E-state index in [-0.39, 0.29) is 22.8 Å². The number of carbonyl (C=O) groups excluding carboxylic acids is 1. The number of ether oxygens (including phenoxy) is 1. The van der Waals surface area contributed by atoms with Gasteiger partial charge in [-0.2, -0.15) is 8.78 Å². The van der Waals surface area contributed by atoms with Crippen LogP contribution in [0.1, 0.15) is 9.67 Å². The predicted molar refractivity (Wildman–Crippen MR) is 118 cm³/mol. The normalized spacial score (nSPS) is 11.2. The third-order valence-electron chi connectivity index (χ3n) is 4.25. The molecule has 2 heterocycles. The number of rotatable bonds is 7. The Labute approximate surface area is 188 Å². The Balaban J connectivity index is 1.73. The van der Waals surface area contributed by atoms with Gasteiger partial charge >= 0.3 is 6.61 Å². The fraction of sp³-hybridized carbons (Fsp3) is 0.0952. The average molecular weight is 479 g/mol. The minimum Gasteiger partial charge on any atom is -0.435 e. The average Bonchev–Trinajstić information content (AvgIpc) is 3.19. The van der Waals surface area contributed by atoms with Crippen molar-refractivity contribution in [3.63, 3.8) is 0 Å². The van der Waals surface area contributed by atoms with Crippen molar-refractivity contribution in [2.24, 2.45) is 0 Å². The van der Waals surface area contributed by atoms with E-state index in [0.717, 1.165) is 11.8 Å². The highest BCUT2D eigenvalue weighted by atomic mass is 35.5. The standard InChI is InChI=1S/C21H13ClF2N2O3S2/c22-18-10-9-17(31-18)16(27)11-30-21-25-15-4-2-1-3-14(15)19(28)26(21)12-5-7-13(8-6-12)29-20(23)24/h1-10,20H,11H2. The second kappa shape index (κ2) is 9.17. The number of halogens is 3. The third kappa shape index (κ3) is 4.79. The van der Waals surface area contributed by atoms with Crippen LogP contribution < -0.4 is 10.3 Å². The summed E-state index contributed by atoms with van der Waals surface area (Å²) < 4.78 is 31.1. The van der Waals surface area contributed by atoms with Crippen LogP contribution in [0.15, 0.2) is 70.6 Å². The molecule has 0 bridgehead atoms. The van der Waals surface area contributed by atoms with Crippen LogP contribution in [0.25, 0.3) is 16.6 Å². The highest BCUT2D eigenvalue weighted by Gasteiger charge is 2.16. The molecule has 0 unspecified atom stereocenters. The van der Waals surface area contributed by atoms with Crippen molar-refractivity contribution >= 4 is 51.4 Å². The van der Waals surface area contributed by atoms with Crippen molar-refractivity contribution in [3.05, 3.63) is 80.2 Å². The topological polar surface area (TPSA) is 61.2 Å². The van der Waals surface area contributed by atoms with Gasteiger partial charge in [0.15, 0.2) is 10.9 Å². The lowest BCUT2D eigenvalue weighted by Gasteiger charge is -2.13. The third-order valence-corrected chi connectivity index (χ3v) is 6.46. The fourth-order valence-electron chi connectivity index (χ4n) is 2.88. The van der Waals surface area contributed by atoms with Crippen molar-refractivity contribution in [2.75, 3.05) is 5.75 Å². The van der Waals surface area contributed by atoms with E-state index in [2.05, 4.69) is 9.72 Å². The smallest absolute Gasteiger partial charge is 0.387 e. The van der Waals surface area contributed by atoms with E-state index in [1.165, 1.54) is 40.2 Å². The minimum atomic E-state index is -2.95. The summed E-state index contributed by atoms with van der Waals surface area (Å²) in [4.78, 5) is 30.8. The van der Waals surface area contributed by atoms with Gasteiger partial charge in [-0.1, -0.05) is 35.5 Å². The van der Waals surface area contributed by atoms with Gasteiger partial charge in [0.05, 0.1) is 31.6 Å². The number of thiophene rings is 1. The molecular formula is C21H13ClF2N2O3S2. The number of alkyl halides is 2. The van der Waals surface area contributed by atoms with Gasteiger partial charge in [-0.05, 0) is 48.5 Å². The van der Waals surface area contributed by atoms with Crippen molar-refractivity contribution in [2.45, 2.75) is 11.8 Å². The Bertz CT molecular complexity index is 1310. The van der Waals surface area contributed by atoms with E-state index in [1.807, 2.05) is 0 Å². The Morgan fingerprint density at radius 2 is 1.87 bits per heavy atom. The summed E-state index contributed by atoms with van der Waals surface area (Å²) >= 11 is 8.20. The summed E-state index contributed by atoms with van der Waals surface area (Å²) in [6, 6.07) is 15.8. The molecule has 2 aromatic carbocycles. The molecule has 10 heteroatoms. The number of fused-ring (bicyclic) bond motifs is 1. The number of Topliss-reactive ketones (excluding diaryl/α,β-unsaturated/α-hetero) is 1. The zero-order chi connectivity index (χ0) is 22.0. The quantitative estimate of drug-likeness (QED) is 0.194. The number of thioether (sulfide) groups is 1. The molecule has 0 spiro atoms. The molecule has 31 heavy (non-hydrogen) atoms. The van der Waals surface area contributed by atoms with Crippen LogP contribution in [0.3, 0.4) is 0 Å². The van der Waals surface area contributed by atoms with Gasteiger partial charge < -0.3 is 4.74 Å². The van der Waals surface area contributed by atoms with Gasteiger partial charge in [0.2, 0.25) is 0 Å². The van der Waals surface area contributed by atoms with E-state index < -0.39 is 6.61 Å². The summed E-state index contributed by atoms with van der Waals surface area (Å²) in [6.45, 7) is -2.95. The van der Waals surface area contributed by atoms with Crippen molar-refractivity contribution in [1.82, 2.24) is 9.55 Å². The van der Waals surface area contributed by atoms with Gasteiger partial charge in [-0.15, -0.1) is 11.3 Å². The zero-order valence-electron chi connectivity index (χ0n) is 15.6. The van der Waals surface area contributed by atoms with Crippen LogP contribution in [-0.2, 0) is 0 Å². The van der Waals surface area contributed by atoms with E-state index in [0.29, 0.717) is 31.0 Å². The molecule has 4 aromatic rings. The SMILES string of the molecule is O=C(CSc1nc2ccccc2c(=O)n1-c1ccc(OC(F)F)cc1)c1ccc(Cl)s1. The van der Waals surface area contributed by atoms with Gasteiger partial charge in [0.1, 0.15) is 5.75 Å². The maximum Gasteiger partial charge on any atom is 0.387 e. The van der Waals surface area contributed by atoms with E-state index >= 15 is 0 Å². The Morgan fingerprint density at radius 3 is 2.55 bits per heavy atom. The zero-order valence-corrected chi connectivity index (χ0v) is 18.0. The van der Waals surface area contributed by atoms with Gasteiger partial charge in [0.25, 0.3) is 5.56 Å². The largest absolute Gasteiger partial charge is 0.435 e. The Kier molecular flexibility index (Phi) is 6.35. The number of aromatic nitrogens is 2. The number of nitrogens with zero attached hydrogens (tertiary/aromatic N) is 2. The molecule has 0 amide bonds. The van der Waals surface area contributed by atoms with Crippen LogP contribution in [0.2, 0.25) is 4.34 Å². The lowest BCUT2D eigenvalue weighted by molar-refractivity contribution is -0.0498. The number of para-hydroxylation sites is 1. The number of hydrogen-bond donors (Lipinski definition) is 0. The molecule has 0 radical (unpaired) electrons. The van der Waals surface area contributed by atoms with E-state index in [9.17, 15) is 18.4 Å². The first kappa shape index (κ1) is 21.5. The highest BCUT2D eigenvalue weighted by Crippen LogP contribution is 2.26. The van der Waals surface area contributed by atoms with E-state index in [1.54, 1.807) is 36.4 Å². The summed E-state index contributed by atoms with van der Waals surface area (Å²) in [5.74, 6) is -0.121. The second-order valence-electron chi connectivity index (χ2n) is 6.24. The molecule has 5 nitrogen and oxygen atoms in total.